The van der Waals surface area contributed by atoms with Crippen molar-refractivity contribution in [1.82, 2.24) is 14.8 Å². The zero-order chi connectivity index (χ0) is 19.2. The summed E-state index contributed by atoms with van der Waals surface area (Å²) in [5, 5.41) is 4.38. The third-order valence-electron chi connectivity index (χ3n) is 3.97. The van der Waals surface area contributed by atoms with Crippen LogP contribution < -0.4 is 0 Å². The minimum Gasteiger partial charge on any atom is -0.374 e. The summed E-state index contributed by atoms with van der Waals surface area (Å²) in [5.41, 5.74) is 1.40. The number of ether oxygens (including phenoxy) is 2. The van der Waals surface area contributed by atoms with Crippen LogP contribution in [0.3, 0.4) is 0 Å². The molecular weight excluding hydrogens is 352 g/mol. The van der Waals surface area contributed by atoms with Gasteiger partial charge in [0.2, 0.25) is 0 Å². The largest absolute Gasteiger partial charge is 0.374 e. The second kappa shape index (κ2) is 8.83. The van der Waals surface area contributed by atoms with Gasteiger partial charge in [0.25, 0.3) is 0 Å². The van der Waals surface area contributed by atoms with Gasteiger partial charge in [-0.1, -0.05) is 30.3 Å². The van der Waals surface area contributed by atoms with E-state index < -0.39 is 17.7 Å². The number of halogens is 2. The minimum atomic E-state index is -0.946. The molecule has 3 rings (SSSR count). The molecule has 0 amide bonds. The Kier molecular flexibility index (Phi) is 6.26. The van der Waals surface area contributed by atoms with Gasteiger partial charge < -0.3 is 9.47 Å². The van der Waals surface area contributed by atoms with Gasteiger partial charge in [0, 0.05) is 12.7 Å². The molecule has 0 fully saturated rings. The molecule has 3 aromatic rings. The van der Waals surface area contributed by atoms with Crippen molar-refractivity contribution in [2.24, 2.45) is 0 Å². The molecule has 0 spiro atoms. The Morgan fingerprint density at radius 2 is 1.81 bits per heavy atom. The van der Waals surface area contributed by atoms with E-state index in [0.29, 0.717) is 30.5 Å². The predicted octanol–water partition coefficient (Wildman–Crippen LogP) is 4.36. The van der Waals surface area contributed by atoms with E-state index in [4.69, 9.17) is 9.47 Å². The molecule has 0 unspecified atom stereocenters. The maximum Gasteiger partial charge on any atom is 0.177 e. The van der Waals surface area contributed by atoms with Crippen LogP contribution >= 0.6 is 0 Å². The van der Waals surface area contributed by atoms with Gasteiger partial charge in [-0.25, -0.2) is 18.4 Å². The summed E-state index contributed by atoms with van der Waals surface area (Å²) in [6, 6.07) is 13.3. The van der Waals surface area contributed by atoms with Gasteiger partial charge in [0.15, 0.2) is 23.3 Å². The van der Waals surface area contributed by atoms with Crippen LogP contribution in [-0.2, 0) is 22.7 Å². The van der Waals surface area contributed by atoms with Crippen molar-refractivity contribution in [3.63, 3.8) is 0 Å². The quantitative estimate of drug-likeness (QED) is 0.589. The highest BCUT2D eigenvalue weighted by Gasteiger charge is 2.19. The molecule has 0 aliphatic carbocycles. The summed E-state index contributed by atoms with van der Waals surface area (Å²) >= 11 is 0. The maximum atomic E-state index is 13.7. The number of nitrogens with zero attached hydrogens (tertiary/aromatic N) is 3. The molecule has 0 radical (unpaired) electrons. The first-order valence-corrected chi connectivity index (χ1v) is 8.73. The Hall–Kier alpha value is -2.64. The van der Waals surface area contributed by atoms with Crippen molar-refractivity contribution < 1.29 is 18.3 Å². The fraction of sp³-hybridized carbons (Fsp3) is 0.300. The third-order valence-corrected chi connectivity index (χ3v) is 3.97. The van der Waals surface area contributed by atoms with Crippen LogP contribution in [0.2, 0.25) is 0 Å². The van der Waals surface area contributed by atoms with Gasteiger partial charge in [0.05, 0.1) is 12.3 Å². The molecule has 1 heterocycles. The molecule has 0 saturated heterocycles. The summed E-state index contributed by atoms with van der Waals surface area (Å²) in [5.74, 6) is -0.917. The smallest absolute Gasteiger partial charge is 0.177 e. The molecule has 0 bridgehead atoms. The lowest BCUT2D eigenvalue weighted by Gasteiger charge is -2.14. The van der Waals surface area contributed by atoms with E-state index in [2.05, 4.69) is 10.1 Å². The maximum absolute atomic E-state index is 13.7. The molecule has 0 saturated carbocycles. The standard InChI is InChI=1S/C20H21F2N3O2/c1-3-26-13-19-23-20(14(2)27-12-15-7-5-4-6-8-15)25(24-19)16-9-10-17(21)18(22)11-16/h4-11,14H,3,12-13H2,1-2H3/t14-/m0/s1. The summed E-state index contributed by atoms with van der Waals surface area (Å²) < 4.78 is 39.7. The van der Waals surface area contributed by atoms with E-state index in [0.717, 1.165) is 17.7 Å². The predicted molar refractivity (Wildman–Crippen MR) is 96.3 cm³/mol. The highest BCUT2D eigenvalue weighted by Crippen LogP contribution is 2.22. The lowest BCUT2D eigenvalue weighted by Crippen LogP contribution is -2.10. The molecule has 27 heavy (non-hydrogen) atoms. The van der Waals surface area contributed by atoms with Crippen molar-refractivity contribution in [2.45, 2.75) is 33.2 Å². The summed E-state index contributed by atoms with van der Waals surface area (Å²) in [4.78, 5) is 4.47. The second-order valence-corrected chi connectivity index (χ2v) is 5.97. The Morgan fingerprint density at radius 3 is 2.52 bits per heavy atom. The topological polar surface area (TPSA) is 49.2 Å². The Morgan fingerprint density at radius 1 is 1.04 bits per heavy atom. The van der Waals surface area contributed by atoms with E-state index in [-0.39, 0.29) is 6.61 Å². The summed E-state index contributed by atoms with van der Waals surface area (Å²) in [6.45, 7) is 4.86. The van der Waals surface area contributed by atoms with Crippen molar-refractivity contribution in [1.29, 1.82) is 0 Å². The Balaban J connectivity index is 1.87. The number of rotatable bonds is 8. The normalized spacial score (nSPS) is 12.3. The second-order valence-electron chi connectivity index (χ2n) is 5.97. The number of benzene rings is 2. The molecule has 0 aliphatic rings. The fourth-order valence-electron chi connectivity index (χ4n) is 2.56. The van der Waals surface area contributed by atoms with Gasteiger partial charge in [-0.15, -0.1) is 5.10 Å². The Bertz CT molecular complexity index is 884. The highest BCUT2D eigenvalue weighted by molar-refractivity contribution is 5.33. The summed E-state index contributed by atoms with van der Waals surface area (Å²) in [6.07, 6.45) is -0.416. The van der Waals surface area contributed by atoms with Crippen molar-refractivity contribution in [3.8, 4) is 5.69 Å². The first kappa shape index (κ1) is 19.1. The SMILES string of the molecule is CCOCc1nc([C@H](C)OCc2ccccc2)n(-c2ccc(F)c(F)c2)n1. The van der Waals surface area contributed by atoms with Gasteiger partial charge >= 0.3 is 0 Å². The number of hydrogen-bond donors (Lipinski definition) is 0. The van der Waals surface area contributed by atoms with Crippen molar-refractivity contribution in [3.05, 3.63) is 77.4 Å². The van der Waals surface area contributed by atoms with Crippen LogP contribution in [0.4, 0.5) is 8.78 Å². The number of aromatic nitrogens is 3. The van der Waals surface area contributed by atoms with E-state index in [9.17, 15) is 8.78 Å². The molecule has 0 N–H and O–H groups in total. The monoisotopic (exact) mass is 373 g/mol. The average molecular weight is 373 g/mol. The fourth-order valence-corrected chi connectivity index (χ4v) is 2.56. The van der Waals surface area contributed by atoms with Crippen molar-refractivity contribution >= 4 is 0 Å². The average Bonchev–Trinajstić information content (AvgIpc) is 3.12. The van der Waals surface area contributed by atoms with Crippen LogP contribution in [-0.4, -0.2) is 21.4 Å². The first-order chi connectivity index (χ1) is 13.1. The van der Waals surface area contributed by atoms with Crippen molar-refractivity contribution in [2.75, 3.05) is 6.61 Å². The van der Waals surface area contributed by atoms with Gasteiger partial charge in [0.1, 0.15) is 12.7 Å². The third kappa shape index (κ3) is 4.75. The van der Waals surface area contributed by atoms with Crippen LogP contribution in [0.1, 0.15) is 37.2 Å². The summed E-state index contributed by atoms with van der Waals surface area (Å²) in [7, 11) is 0. The van der Waals surface area contributed by atoms with Gasteiger partial charge in [-0.2, -0.15) is 0 Å². The van der Waals surface area contributed by atoms with E-state index in [1.54, 1.807) is 0 Å². The van der Waals surface area contributed by atoms with E-state index in [1.807, 2.05) is 44.2 Å². The van der Waals surface area contributed by atoms with Crippen LogP contribution in [0.25, 0.3) is 5.69 Å². The zero-order valence-electron chi connectivity index (χ0n) is 15.2. The molecular formula is C20H21F2N3O2. The first-order valence-electron chi connectivity index (χ1n) is 8.73. The lowest BCUT2D eigenvalue weighted by atomic mass is 10.2. The molecule has 2 aromatic carbocycles. The highest BCUT2D eigenvalue weighted by atomic mass is 19.2. The zero-order valence-corrected chi connectivity index (χ0v) is 15.2. The molecule has 1 atom stereocenters. The molecule has 142 valence electrons. The van der Waals surface area contributed by atoms with Crippen LogP contribution in [0.5, 0.6) is 0 Å². The molecule has 7 heteroatoms. The number of hydrogen-bond acceptors (Lipinski definition) is 4. The molecule has 1 aromatic heterocycles. The van der Waals surface area contributed by atoms with Gasteiger partial charge in [-0.05, 0) is 31.5 Å². The van der Waals surface area contributed by atoms with Crippen LogP contribution in [0, 0.1) is 11.6 Å². The minimum absolute atomic E-state index is 0.228. The van der Waals surface area contributed by atoms with E-state index in [1.165, 1.54) is 10.7 Å². The Labute approximate surface area is 156 Å². The van der Waals surface area contributed by atoms with Gasteiger partial charge in [-0.3, -0.25) is 0 Å². The molecule has 5 nitrogen and oxygen atoms in total. The lowest BCUT2D eigenvalue weighted by molar-refractivity contribution is 0.0452. The molecule has 0 aliphatic heterocycles. The van der Waals surface area contributed by atoms with E-state index >= 15 is 0 Å². The van der Waals surface area contributed by atoms with Crippen LogP contribution in [0.15, 0.2) is 48.5 Å².